The second-order valence-electron chi connectivity index (χ2n) is 5.41. The van der Waals surface area contributed by atoms with Gasteiger partial charge in [-0.25, -0.2) is 8.42 Å². The third kappa shape index (κ3) is 5.12. The van der Waals surface area contributed by atoms with Crippen molar-refractivity contribution >= 4 is 27.4 Å². The molecule has 0 unspecified atom stereocenters. The zero-order valence-electron chi connectivity index (χ0n) is 13.6. The Hall–Kier alpha value is -1.25. The van der Waals surface area contributed by atoms with Gasteiger partial charge in [-0.2, -0.15) is 0 Å². The molecule has 0 atom stereocenters. The van der Waals surface area contributed by atoms with Crippen molar-refractivity contribution in [2.24, 2.45) is 0 Å². The molecule has 122 valence electrons. The van der Waals surface area contributed by atoms with Gasteiger partial charge in [-0.1, -0.05) is 18.2 Å². The predicted octanol–water partition coefficient (Wildman–Crippen LogP) is -1.11. The van der Waals surface area contributed by atoms with E-state index in [1.165, 1.54) is 5.69 Å². The van der Waals surface area contributed by atoms with Crippen LogP contribution in [0.15, 0.2) is 54.6 Å². The molecule has 3 rings (SSSR count). The summed E-state index contributed by atoms with van der Waals surface area (Å²) in [5, 5.41) is 0. The first-order chi connectivity index (χ1) is 11.0. The molecule has 6 nitrogen and oxygen atoms in total. The van der Waals surface area contributed by atoms with E-state index in [9.17, 15) is 13.0 Å². The molecule has 2 aromatic carbocycles. The molecule has 1 fully saturated rings. The van der Waals surface area contributed by atoms with Crippen LogP contribution < -0.4 is 44.1 Å². The summed E-state index contributed by atoms with van der Waals surface area (Å²) < 4.78 is 34.0. The molecule has 8 heteroatoms. The Morgan fingerprint density at radius 3 is 1.71 bits per heavy atom. The minimum Gasteiger partial charge on any atom is -0.731 e. The Morgan fingerprint density at radius 2 is 1.25 bits per heavy atom. The molecule has 0 aromatic heterocycles. The molecular formula is C16H18N3NaO3S. The topological polar surface area (TPSA) is 75.7 Å². The molecule has 0 radical (unpaired) electrons. The quantitative estimate of drug-likeness (QED) is 0.556. The number of anilines is 3. The van der Waals surface area contributed by atoms with E-state index < -0.39 is 10.3 Å². The number of hydrogen-bond acceptors (Lipinski definition) is 5. The zero-order chi connectivity index (χ0) is 16.3. The molecule has 2 aromatic rings. The van der Waals surface area contributed by atoms with E-state index in [0.29, 0.717) is 0 Å². The Morgan fingerprint density at radius 1 is 0.792 bits per heavy atom. The summed E-state index contributed by atoms with van der Waals surface area (Å²) in [4.78, 5) is 4.59. The van der Waals surface area contributed by atoms with Crippen molar-refractivity contribution in [2.45, 2.75) is 0 Å². The van der Waals surface area contributed by atoms with Gasteiger partial charge in [-0.05, 0) is 36.4 Å². The van der Waals surface area contributed by atoms with E-state index in [0.717, 1.165) is 31.9 Å². The SMILES string of the molecule is O=S(=O)([O-])Nc1ccc(N2CCN(c3ccccc3)CC2)cc1.[Na+]. The number of nitrogens with zero attached hydrogens (tertiary/aromatic N) is 2. The van der Waals surface area contributed by atoms with Gasteiger partial charge in [0.2, 0.25) is 0 Å². The van der Waals surface area contributed by atoms with Crippen molar-refractivity contribution in [3.05, 3.63) is 54.6 Å². The first-order valence-electron chi connectivity index (χ1n) is 7.40. The minimum atomic E-state index is -4.47. The van der Waals surface area contributed by atoms with E-state index in [1.807, 2.05) is 35.1 Å². The first kappa shape index (κ1) is 19.1. The van der Waals surface area contributed by atoms with Gasteiger partial charge in [0.25, 0.3) is 0 Å². The van der Waals surface area contributed by atoms with Crippen LogP contribution in [-0.4, -0.2) is 39.1 Å². The van der Waals surface area contributed by atoms with E-state index in [-0.39, 0.29) is 35.2 Å². The fraction of sp³-hybridized carbons (Fsp3) is 0.250. The van der Waals surface area contributed by atoms with Crippen molar-refractivity contribution < 1.29 is 42.5 Å². The van der Waals surface area contributed by atoms with Gasteiger partial charge in [-0.3, -0.25) is 4.72 Å². The van der Waals surface area contributed by atoms with Crippen molar-refractivity contribution in [3.63, 3.8) is 0 Å². The Bertz CT molecular complexity index is 746. The van der Waals surface area contributed by atoms with Crippen LogP contribution in [0.25, 0.3) is 0 Å². The average Bonchev–Trinajstić information content (AvgIpc) is 2.55. The maximum atomic E-state index is 10.7. The molecule has 0 aliphatic carbocycles. The summed E-state index contributed by atoms with van der Waals surface area (Å²) in [6.07, 6.45) is 0. The summed E-state index contributed by atoms with van der Waals surface area (Å²) >= 11 is 0. The number of nitrogens with one attached hydrogen (secondary N) is 1. The Kier molecular flexibility index (Phi) is 6.54. The molecule has 1 saturated heterocycles. The summed E-state index contributed by atoms with van der Waals surface area (Å²) in [5.74, 6) is 0. The van der Waals surface area contributed by atoms with E-state index in [2.05, 4.69) is 21.9 Å². The van der Waals surface area contributed by atoms with E-state index in [4.69, 9.17) is 0 Å². The van der Waals surface area contributed by atoms with Crippen LogP contribution in [0.2, 0.25) is 0 Å². The van der Waals surface area contributed by atoms with Crippen LogP contribution in [-0.2, 0) is 10.3 Å². The molecule has 0 bridgehead atoms. The summed E-state index contributed by atoms with van der Waals surface area (Å²) in [7, 11) is -4.47. The monoisotopic (exact) mass is 355 g/mol. The zero-order valence-corrected chi connectivity index (χ0v) is 16.4. The third-order valence-corrected chi connectivity index (χ3v) is 4.36. The molecule has 1 aliphatic rings. The Labute approximate surface area is 164 Å². The van der Waals surface area contributed by atoms with Gasteiger partial charge in [0, 0.05) is 43.2 Å². The fourth-order valence-electron chi connectivity index (χ4n) is 2.75. The fourth-order valence-corrected chi connectivity index (χ4v) is 3.17. The number of hydrogen-bond donors (Lipinski definition) is 1. The van der Waals surface area contributed by atoms with Gasteiger partial charge in [0.05, 0.1) is 0 Å². The van der Waals surface area contributed by atoms with Crippen molar-refractivity contribution in [2.75, 3.05) is 40.7 Å². The van der Waals surface area contributed by atoms with Crippen molar-refractivity contribution in [3.8, 4) is 0 Å². The van der Waals surface area contributed by atoms with Crippen LogP contribution in [0.3, 0.4) is 0 Å². The van der Waals surface area contributed by atoms with E-state index in [1.54, 1.807) is 12.1 Å². The second-order valence-corrected chi connectivity index (χ2v) is 6.53. The maximum Gasteiger partial charge on any atom is 1.00 e. The summed E-state index contributed by atoms with van der Waals surface area (Å²) in [6, 6.07) is 17.2. The van der Waals surface area contributed by atoms with Crippen molar-refractivity contribution in [1.82, 2.24) is 0 Å². The minimum absolute atomic E-state index is 0. The normalized spacial score (nSPS) is 14.9. The molecular weight excluding hydrogens is 337 g/mol. The number of para-hydroxylation sites is 1. The Balaban J connectivity index is 0.00000208. The summed E-state index contributed by atoms with van der Waals surface area (Å²) in [5.41, 5.74) is 2.53. The van der Waals surface area contributed by atoms with Gasteiger partial charge in [-0.15, -0.1) is 0 Å². The van der Waals surface area contributed by atoms with Crippen molar-refractivity contribution in [1.29, 1.82) is 0 Å². The standard InChI is InChI=1S/C16H19N3O3S.Na/c20-23(21,22)17-14-6-8-16(9-7-14)19-12-10-18(11-13-19)15-4-2-1-3-5-15;/h1-9,17H,10-13H2,(H,20,21,22);/q;+1/p-1. The predicted molar refractivity (Wildman–Crippen MR) is 90.6 cm³/mol. The smallest absolute Gasteiger partial charge is 0.731 e. The second kappa shape index (κ2) is 8.22. The van der Waals surface area contributed by atoms with Gasteiger partial charge < -0.3 is 14.4 Å². The molecule has 24 heavy (non-hydrogen) atoms. The van der Waals surface area contributed by atoms with Crippen LogP contribution in [0.5, 0.6) is 0 Å². The maximum absolute atomic E-state index is 10.7. The number of benzene rings is 2. The largest absolute Gasteiger partial charge is 1.00 e. The molecule has 1 heterocycles. The summed E-state index contributed by atoms with van der Waals surface area (Å²) in [6.45, 7) is 3.64. The average molecular weight is 355 g/mol. The molecule has 1 aliphatic heterocycles. The molecule has 0 amide bonds. The third-order valence-electron chi connectivity index (χ3n) is 3.88. The van der Waals surface area contributed by atoms with Gasteiger partial charge in [0.1, 0.15) is 0 Å². The van der Waals surface area contributed by atoms with Crippen LogP contribution in [0, 0.1) is 0 Å². The van der Waals surface area contributed by atoms with Crippen LogP contribution in [0.1, 0.15) is 0 Å². The number of rotatable bonds is 4. The molecule has 1 N–H and O–H groups in total. The van der Waals surface area contributed by atoms with Gasteiger partial charge >= 0.3 is 29.6 Å². The first-order valence-corrected chi connectivity index (χ1v) is 8.81. The van der Waals surface area contributed by atoms with Crippen LogP contribution >= 0.6 is 0 Å². The molecule has 0 saturated carbocycles. The van der Waals surface area contributed by atoms with Gasteiger partial charge in [0.15, 0.2) is 10.3 Å². The van der Waals surface area contributed by atoms with E-state index >= 15 is 0 Å². The molecule has 0 spiro atoms. The number of piperazine rings is 1. The van der Waals surface area contributed by atoms with Crippen LogP contribution in [0.4, 0.5) is 17.1 Å².